The molecule has 1 aromatic carbocycles. The highest BCUT2D eigenvalue weighted by Crippen LogP contribution is 2.21. The molecule has 1 rings (SSSR count). The number of rotatable bonds is 4. The molecule has 0 spiro atoms. The van der Waals surface area contributed by atoms with Gasteiger partial charge < -0.3 is 5.73 Å². The molecule has 2 nitrogen and oxygen atoms in total. The van der Waals surface area contributed by atoms with E-state index in [1.807, 2.05) is 24.3 Å². The molecule has 0 aliphatic heterocycles. The summed E-state index contributed by atoms with van der Waals surface area (Å²) in [6.07, 6.45) is 2.09. The van der Waals surface area contributed by atoms with Crippen LogP contribution in [0.3, 0.4) is 0 Å². The average molecular weight is 219 g/mol. The van der Waals surface area contributed by atoms with Crippen LogP contribution in [0.25, 0.3) is 0 Å². The summed E-state index contributed by atoms with van der Waals surface area (Å²) in [5, 5.41) is 0. The van der Waals surface area contributed by atoms with Gasteiger partial charge in [0.1, 0.15) is 5.78 Å². The van der Waals surface area contributed by atoms with Crippen LogP contribution in [0.1, 0.15) is 39.2 Å². The summed E-state index contributed by atoms with van der Waals surface area (Å²) in [5.74, 6) is 0.292. The Morgan fingerprint density at radius 3 is 2.56 bits per heavy atom. The van der Waals surface area contributed by atoms with E-state index in [1.54, 1.807) is 0 Å². The van der Waals surface area contributed by atoms with E-state index in [-0.39, 0.29) is 5.41 Å². The zero-order valence-electron chi connectivity index (χ0n) is 10.4. The van der Waals surface area contributed by atoms with E-state index in [2.05, 4.69) is 20.8 Å². The zero-order chi connectivity index (χ0) is 12.2. The molecule has 0 aromatic heterocycles. The number of hydrogen-bond donors (Lipinski definition) is 1. The molecule has 16 heavy (non-hydrogen) atoms. The number of nitrogen functional groups attached to an aromatic ring is 1. The van der Waals surface area contributed by atoms with Gasteiger partial charge in [0.15, 0.2) is 0 Å². The summed E-state index contributed by atoms with van der Waals surface area (Å²) in [4.78, 5) is 11.7. The van der Waals surface area contributed by atoms with Crippen LogP contribution >= 0.6 is 0 Å². The second-order valence-corrected chi connectivity index (χ2v) is 5.52. The van der Waals surface area contributed by atoms with Gasteiger partial charge in [0.05, 0.1) is 0 Å². The third-order valence-corrected chi connectivity index (χ3v) is 2.51. The molecule has 1 aromatic rings. The molecule has 0 unspecified atom stereocenters. The number of Topliss-reactive ketones (excluding diaryl/α,β-unsaturated/α-hetero) is 1. The first-order valence-electron chi connectivity index (χ1n) is 5.73. The van der Waals surface area contributed by atoms with Gasteiger partial charge >= 0.3 is 0 Å². The predicted octanol–water partition coefficient (Wildman–Crippen LogP) is 3.21. The van der Waals surface area contributed by atoms with E-state index in [9.17, 15) is 4.79 Å². The molecule has 0 fully saturated rings. The number of carbonyl (C=O) groups is 1. The topological polar surface area (TPSA) is 43.1 Å². The van der Waals surface area contributed by atoms with Gasteiger partial charge in [-0.3, -0.25) is 4.79 Å². The van der Waals surface area contributed by atoms with Gasteiger partial charge in [-0.1, -0.05) is 32.9 Å². The maximum atomic E-state index is 11.7. The number of nitrogens with two attached hydrogens (primary N) is 1. The number of benzene rings is 1. The van der Waals surface area contributed by atoms with Crippen LogP contribution in [0.2, 0.25) is 0 Å². The first kappa shape index (κ1) is 12.8. The fourth-order valence-electron chi connectivity index (χ4n) is 1.53. The SMILES string of the molecule is CC(C)(C)CCC(=O)Cc1cccc(N)c1. The standard InChI is InChI=1S/C14H21NO/c1-14(2,3)8-7-13(16)10-11-5-4-6-12(15)9-11/h4-6,9H,7-8,10,15H2,1-3H3. The maximum Gasteiger partial charge on any atom is 0.137 e. The van der Waals surface area contributed by atoms with Crippen molar-refractivity contribution in [1.82, 2.24) is 0 Å². The van der Waals surface area contributed by atoms with Crippen LogP contribution in [0.4, 0.5) is 5.69 Å². The molecule has 0 saturated carbocycles. The van der Waals surface area contributed by atoms with Crippen LogP contribution < -0.4 is 5.73 Å². The first-order chi connectivity index (χ1) is 7.37. The van der Waals surface area contributed by atoms with Crippen LogP contribution in [0.15, 0.2) is 24.3 Å². The van der Waals surface area contributed by atoms with E-state index in [0.717, 1.165) is 17.7 Å². The van der Waals surface area contributed by atoms with Crippen LogP contribution in [0, 0.1) is 5.41 Å². The highest BCUT2D eigenvalue weighted by atomic mass is 16.1. The third-order valence-electron chi connectivity index (χ3n) is 2.51. The van der Waals surface area contributed by atoms with Crippen molar-refractivity contribution in [3.63, 3.8) is 0 Å². The lowest BCUT2D eigenvalue weighted by atomic mass is 9.89. The number of carbonyl (C=O) groups excluding carboxylic acids is 1. The fraction of sp³-hybridized carbons (Fsp3) is 0.500. The summed E-state index contributed by atoms with van der Waals surface area (Å²) in [5.41, 5.74) is 7.63. The predicted molar refractivity (Wildman–Crippen MR) is 68.3 cm³/mol. The lowest BCUT2D eigenvalue weighted by Crippen LogP contribution is -2.10. The Hall–Kier alpha value is -1.31. The number of anilines is 1. The normalized spacial score (nSPS) is 11.4. The van der Waals surface area contributed by atoms with Crippen molar-refractivity contribution in [2.45, 2.75) is 40.0 Å². The Morgan fingerprint density at radius 1 is 1.31 bits per heavy atom. The minimum atomic E-state index is 0.228. The Kier molecular flexibility index (Phi) is 4.11. The Balaban J connectivity index is 2.46. The van der Waals surface area contributed by atoms with Crippen molar-refractivity contribution < 1.29 is 4.79 Å². The Morgan fingerprint density at radius 2 is 2.00 bits per heavy atom. The van der Waals surface area contributed by atoms with Crippen LogP contribution in [-0.2, 0) is 11.2 Å². The van der Waals surface area contributed by atoms with Gasteiger partial charge in [0.2, 0.25) is 0 Å². The van der Waals surface area contributed by atoms with Crippen molar-refractivity contribution in [1.29, 1.82) is 0 Å². The molecule has 88 valence electrons. The van der Waals surface area contributed by atoms with Crippen LogP contribution in [0.5, 0.6) is 0 Å². The molecule has 0 aliphatic rings. The van der Waals surface area contributed by atoms with Crippen molar-refractivity contribution in [3.8, 4) is 0 Å². The van der Waals surface area contributed by atoms with E-state index in [1.165, 1.54) is 0 Å². The van der Waals surface area contributed by atoms with Crippen molar-refractivity contribution in [2.24, 2.45) is 5.41 Å². The second-order valence-electron chi connectivity index (χ2n) is 5.52. The van der Waals surface area contributed by atoms with E-state index >= 15 is 0 Å². The summed E-state index contributed by atoms with van der Waals surface area (Å²) >= 11 is 0. The Bertz CT molecular complexity index is 363. The summed E-state index contributed by atoms with van der Waals surface area (Å²) in [6.45, 7) is 6.46. The van der Waals surface area contributed by atoms with Gasteiger partial charge in [0.25, 0.3) is 0 Å². The molecule has 2 N–H and O–H groups in total. The van der Waals surface area contributed by atoms with Gasteiger partial charge in [-0.05, 0) is 29.5 Å². The Labute approximate surface area is 97.9 Å². The molecule has 0 radical (unpaired) electrons. The van der Waals surface area contributed by atoms with Gasteiger partial charge in [0, 0.05) is 18.5 Å². The molecule has 0 atom stereocenters. The molecular weight excluding hydrogens is 198 g/mol. The summed E-state index contributed by atoms with van der Waals surface area (Å²) in [7, 11) is 0. The van der Waals surface area contributed by atoms with Crippen molar-refractivity contribution in [2.75, 3.05) is 5.73 Å². The van der Waals surface area contributed by atoms with Gasteiger partial charge in [-0.2, -0.15) is 0 Å². The lowest BCUT2D eigenvalue weighted by molar-refractivity contribution is -0.118. The molecule has 2 heteroatoms. The largest absolute Gasteiger partial charge is 0.399 e. The smallest absolute Gasteiger partial charge is 0.137 e. The van der Waals surface area contributed by atoms with E-state index < -0.39 is 0 Å². The monoisotopic (exact) mass is 219 g/mol. The minimum Gasteiger partial charge on any atom is -0.399 e. The first-order valence-corrected chi connectivity index (χ1v) is 5.73. The van der Waals surface area contributed by atoms with Gasteiger partial charge in [-0.25, -0.2) is 0 Å². The van der Waals surface area contributed by atoms with Crippen molar-refractivity contribution in [3.05, 3.63) is 29.8 Å². The molecule has 0 heterocycles. The summed E-state index contributed by atoms with van der Waals surface area (Å²) < 4.78 is 0. The van der Waals surface area contributed by atoms with E-state index in [4.69, 9.17) is 5.73 Å². The highest BCUT2D eigenvalue weighted by Gasteiger charge is 2.13. The van der Waals surface area contributed by atoms with Crippen LogP contribution in [-0.4, -0.2) is 5.78 Å². The quantitative estimate of drug-likeness (QED) is 0.790. The lowest BCUT2D eigenvalue weighted by Gasteiger charge is -2.16. The van der Waals surface area contributed by atoms with Crippen molar-refractivity contribution >= 4 is 11.5 Å². The molecule has 0 bridgehead atoms. The maximum absolute atomic E-state index is 11.7. The number of hydrogen-bond acceptors (Lipinski definition) is 2. The number of ketones is 1. The third kappa shape index (κ3) is 4.96. The van der Waals surface area contributed by atoms with Gasteiger partial charge in [-0.15, -0.1) is 0 Å². The molecule has 0 amide bonds. The minimum absolute atomic E-state index is 0.228. The zero-order valence-corrected chi connectivity index (χ0v) is 10.4. The molecule has 0 saturated heterocycles. The second kappa shape index (κ2) is 5.15. The average Bonchev–Trinajstić information content (AvgIpc) is 2.14. The molecule has 0 aliphatic carbocycles. The summed E-state index contributed by atoms with van der Waals surface area (Å²) in [6, 6.07) is 7.55. The fourth-order valence-corrected chi connectivity index (χ4v) is 1.53. The molecular formula is C14H21NO. The highest BCUT2D eigenvalue weighted by molar-refractivity contribution is 5.81. The van der Waals surface area contributed by atoms with E-state index in [0.29, 0.717) is 18.6 Å².